The van der Waals surface area contributed by atoms with E-state index in [1.165, 1.54) is 6.42 Å². The molecule has 4 nitrogen and oxygen atoms in total. The highest BCUT2D eigenvalue weighted by atomic mass is 28.3. The highest BCUT2D eigenvalue weighted by molar-refractivity contribution is 6.87. The van der Waals surface area contributed by atoms with Gasteiger partial charge in [0.25, 0.3) is 0 Å². The molecule has 0 spiro atoms. The molecular weight excluding hydrogens is 260 g/mol. The number of hydrogen-bond acceptors (Lipinski definition) is 2. The van der Waals surface area contributed by atoms with Gasteiger partial charge in [-0.3, -0.25) is 0 Å². The van der Waals surface area contributed by atoms with Crippen molar-refractivity contribution in [3.05, 3.63) is 10.8 Å². The Balaban J connectivity index is 3.08. The number of carboxylic acid groups (broad SMARTS) is 2. The van der Waals surface area contributed by atoms with Crippen LogP contribution >= 0.6 is 0 Å². The van der Waals surface area contributed by atoms with E-state index < -0.39 is 20.0 Å². The second-order valence-electron chi connectivity index (χ2n) is 6.42. The number of hydrogen-bond donors (Lipinski definition) is 2. The molecule has 0 radical (unpaired) electrons. The maximum Gasteiger partial charge on any atom is 0.331 e. The second-order valence-corrected chi connectivity index (χ2v) is 11.4. The van der Waals surface area contributed by atoms with E-state index in [9.17, 15) is 19.8 Å². The molecule has 5 heteroatoms. The van der Waals surface area contributed by atoms with Gasteiger partial charge in [0.2, 0.25) is 0 Å². The van der Waals surface area contributed by atoms with E-state index in [1.54, 1.807) is 0 Å². The molecule has 0 bridgehead atoms. The predicted molar refractivity (Wildman–Crippen MR) is 76.8 cm³/mol. The topological polar surface area (TPSA) is 74.6 Å². The smallest absolute Gasteiger partial charge is 0.331 e. The molecular formula is C14H24O4Si. The van der Waals surface area contributed by atoms with E-state index in [4.69, 9.17) is 0 Å². The molecule has 1 rings (SSSR count). The summed E-state index contributed by atoms with van der Waals surface area (Å²) in [6.45, 7) is 5.67. The fourth-order valence-electron chi connectivity index (χ4n) is 2.88. The molecule has 0 atom stereocenters. The van der Waals surface area contributed by atoms with Crippen LogP contribution in [0.15, 0.2) is 10.8 Å². The molecule has 19 heavy (non-hydrogen) atoms. The lowest BCUT2D eigenvalue weighted by molar-refractivity contribution is -0.135. The fraction of sp³-hybridized carbons (Fsp3) is 0.714. The Hall–Kier alpha value is -1.10. The Bertz CT molecular complexity index is 387. The van der Waals surface area contributed by atoms with Crippen molar-refractivity contribution in [3.63, 3.8) is 0 Å². The molecule has 2 N–H and O–H groups in total. The van der Waals surface area contributed by atoms with E-state index in [0.29, 0.717) is 12.3 Å². The summed E-state index contributed by atoms with van der Waals surface area (Å²) < 4.78 is 0. The van der Waals surface area contributed by atoms with Crippen molar-refractivity contribution in [2.24, 2.45) is 5.92 Å². The Morgan fingerprint density at radius 3 is 1.89 bits per heavy atom. The van der Waals surface area contributed by atoms with E-state index in [0.717, 1.165) is 25.7 Å². The van der Waals surface area contributed by atoms with Crippen LogP contribution in [0, 0.1) is 5.92 Å². The standard InChI is InChI=1S/C14H24O4Si/c1-19(2,3)12(14(17)18)11(13(15)16)9-10-7-5-4-6-8-10/h10H,4-9H2,1-3H3,(H,15,16)(H,17,18). The Morgan fingerprint density at radius 2 is 1.53 bits per heavy atom. The number of carboxylic acids is 2. The summed E-state index contributed by atoms with van der Waals surface area (Å²) in [5.41, 5.74) is 0.151. The van der Waals surface area contributed by atoms with Gasteiger partial charge >= 0.3 is 11.9 Å². The van der Waals surface area contributed by atoms with Gasteiger partial charge in [0, 0.05) is 10.8 Å². The quantitative estimate of drug-likeness (QED) is 0.600. The third kappa shape index (κ3) is 4.49. The number of aliphatic carboxylic acids is 2. The fourth-order valence-corrected chi connectivity index (χ4v) is 4.63. The summed E-state index contributed by atoms with van der Waals surface area (Å²) in [4.78, 5) is 22.9. The summed E-state index contributed by atoms with van der Waals surface area (Å²) in [7, 11) is -2.16. The van der Waals surface area contributed by atoms with Gasteiger partial charge in [0.05, 0.1) is 8.07 Å². The van der Waals surface area contributed by atoms with Crippen LogP contribution in [-0.4, -0.2) is 30.2 Å². The Morgan fingerprint density at radius 1 is 1.00 bits per heavy atom. The van der Waals surface area contributed by atoms with Crippen molar-refractivity contribution in [2.75, 3.05) is 0 Å². The predicted octanol–water partition coefficient (Wildman–Crippen LogP) is 3.30. The van der Waals surface area contributed by atoms with Crippen molar-refractivity contribution in [3.8, 4) is 0 Å². The van der Waals surface area contributed by atoms with Crippen LogP contribution in [0.4, 0.5) is 0 Å². The van der Waals surface area contributed by atoms with Crippen LogP contribution in [0.5, 0.6) is 0 Å². The van der Waals surface area contributed by atoms with Gasteiger partial charge in [-0.2, -0.15) is 0 Å². The normalized spacial score (nSPS) is 18.9. The van der Waals surface area contributed by atoms with E-state index in [1.807, 2.05) is 19.6 Å². The minimum atomic E-state index is -2.16. The first-order valence-corrected chi connectivity index (χ1v) is 10.4. The lowest BCUT2D eigenvalue weighted by Crippen LogP contribution is -2.33. The first-order valence-electron chi connectivity index (χ1n) is 6.93. The van der Waals surface area contributed by atoms with Crippen LogP contribution in [0.2, 0.25) is 19.6 Å². The first kappa shape index (κ1) is 16.0. The highest BCUT2D eigenvalue weighted by Gasteiger charge is 2.33. The second kappa shape index (κ2) is 6.37. The monoisotopic (exact) mass is 284 g/mol. The Labute approximate surface area is 115 Å². The van der Waals surface area contributed by atoms with Gasteiger partial charge in [-0.15, -0.1) is 0 Å². The van der Waals surface area contributed by atoms with Crippen molar-refractivity contribution < 1.29 is 19.8 Å². The van der Waals surface area contributed by atoms with Crippen LogP contribution in [0.1, 0.15) is 38.5 Å². The van der Waals surface area contributed by atoms with Gasteiger partial charge in [-0.05, 0) is 12.3 Å². The molecule has 1 aliphatic carbocycles. The van der Waals surface area contributed by atoms with Gasteiger partial charge in [-0.25, -0.2) is 9.59 Å². The molecule has 0 aromatic rings. The highest BCUT2D eigenvalue weighted by Crippen LogP contribution is 2.32. The van der Waals surface area contributed by atoms with E-state index in [2.05, 4.69) is 0 Å². The van der Waals surface area contributed by atoms with Gasteiger partial charge in [0.15, 0.2) is 0 Å². The lowest BCUT2D eigenvalue weighted by atomic mass is 9.84. The first-order chi connectivity index (χ1) is 8.73. The van der Waals surface area contributed by atoms with Crippen LogP contribution in [0.3, 0.4) is 0 Å². The van der Waals surface area contributed by atoms with Crippen molar-refractivity contribution in [1.82, 2.24) is 0 Å². The molecule has 0 aromatic carbocycles. The maximum absolute atomic E-state index is 11.5. The molecule has 0 aliphatic heterocycles. The number of rotatable bonds is 5. The molecule has 108 valence electrons. The van der Waals surface area contributed by atoms with Crippen LogP contribution < -0.4 is 0 Å². The molecule has 0 aromatic heterocycles. The molecule has 0 unspecified atom stereocenters. The van der Waals surface area contributed by atoms with Gasteiger partial charge in [-0.1, -0.05) is 51.7 Å². The van der Waals surface area contributed by atoms with Crippen molar-refractivity contribution >= 4 is 20.0 Å². The Kier molecular flexibility index (Phi) is 5.35. The summed E-state index contributed by atoms with van der Waals surface area (Å²) in [6.07, 6.45) is 5.94. The molecule has 0 heterocycles. The van der Waals surface area contributed by atoms with Crippen molar-refractivity contribution in [1.29, 1.82) is 0 Å². The van der Waals surface area contributed by atoms with E-state index >= 15 is 0 Å². The van der Waals surface area contributed by atoms with Crippen molar-refractivity contribution in [2.45, 2.75) is 58.2 Å². The molecule has 1 saturated carbocycles. The SMILES string of the molecule is C[Si](C)(C)C(C(=O)O)=C(CC1CCCCC1)C(=O)O. The zero-order valence-corrected chi connectivity index (χ0v) is 13.0. The zero-order chi connectivity index (χ0) is 14.6. The molecule has 1 aliphatic rings. The van der Waals surface area contributed by atoms with Crippen LogP contribution in [0.25, 0.3) is 0 Å². The third-order valence-electron chi connectivity index (χ3n) is 3.74. The molecule has 1 fully saturated rings. The largest absolute Gasteiger partial charge is 0.478 e. The summed E-state index contributed by atoms with van der Waals surface area (Å²) >= 11 is 0. The summed E-state index contributed by atoms with van der Waals surface area (Å²) in [5, 5.41) is 18.9. The average molecular weight is 284 g/mol. The van der Waals surface area contributed by atoms with E-state index in [-0.39, 0.29) is 10.8 Å². The third-order valence-corrected chi connectivity index (χ3v) is 5.76. The van der Waals surface area contributed by atoms with Gasteiger partial charge in [0.1, 0.15) is 0 Å². The minimum absolute atomic E-state index is 0.151. The minimum Gasteiger partial charge on any atom is -0.478 e. The average Bonchev–Trinajstić information content (AvgIpc) is 2.27. The maximum atomic E-state index is 11.5. The molecule has 0 saturated heterocycles. The summed E-state index contributed by atoms with van der Waals surface area (Å²) in [5.74, 6) is -1.76. The lowest BCUT2D eigenvalue weighted by Gasteiger charge is -2.25. The zero-order valence-electron chi connectivity index (χ0n) is 12.0. The molecule has 0 amide bonds. The van der Waals surface area contributed by atoms with Gasteiger partial charge < -0.3 is 10.2 Å². The summed E-state index contributed by atoms with van der Waals surface area (Å²) in [6, 6.07) is 0. The number of carbonyl (C=O) groups is 2. The van der Waals surface area contributed by atoms with Crippen LogP contribution in [-0.2, 0) is 9.59 Å².